The van der Waals surface area contributed by atoms with Crippen LogP contribution in [0.1, 0.15) is 74.8 Å². The summed E-state index contributed by atoms with van der Waals surface area (Å²) in [4.78, 5) is 29.2. The maximum atomic E-state index is 13.5. The predicted molar refractivity (Wildman–Crippen MR) is 127 cm³/mol. The Morgan fingerprint density at radius 1 is 1.06 bits per heavy atom. The Kier molecular flexibility index (Phi) is 7.24. The van der Waals surface area contributed by atoms with Crippen LogP contribution in [0.5, 0.6) is 0 Å². The Morgan fingerprint density at radius 2 is 1.65 bits per heavy atom. The van der Waals surface area contributed by atoms with Gasteiger partial charge in [0.25, 0.3) is 0 Å². The smallest absolute Gasteiger partial charge is 0.344 e. The summed E-state index contributed by atoms with van der Waals surface area (Å²) in [6.07, 6.45) is -0.750. The molecule has 1 amide bonds. The highest BCUT2D eigenvalue weighted by atomic mass is 19.4. The van der Waals surface area contributed by atoms with Crippen LogP contribution in [0, 0.1) is 12.3 Å². The van der Waals surface area contributed by atoms with E-state index in [2.05, 4.69) is 28.8 Å². The molecular formula is C25H34F3N5O. The Labute approximate surface area is 199 Å². The van der Waals surface area contributed by atoms with Crippen LogP contribution < -0.4 is 9.80 Å². The van der Waals surface area contributed by atoms with E-state index < -0.39 is 17.5 Å². The van der Waals surface area contributed by atoms with Crippen molar-refractivity contribution in [3.8, 4) is 0 Å². The van der Waals surface area contributed by atoms with Gasteiger partial charge < -0.3 is 4.90 Å². The van der Waals surface area contributed by atoms with E-state index >= 15 is 0 Å². The number of likely N-dealkylation sites (N-methyl/N-ethyl adjacent to an activating group) is 1. The second-order valence-electron chi connectivity index (χ2n) is 9.88. The summed E-state index contributed by atoms with van der Waals surface area (Å²) in [7, 11) is 3.28. The lowest BCUT2D eigenvalue weighted by Crippen LogP contribution is -2.42. The van der Waals surface area contributed by atoms with Crippen LogP contribution in [0.3, 0.4) is 0 Å². The lowest BCUT2D eigenvalue weighted by Gasteiger charge is -2.26. The number of rotatable bonds is 8. The lowest BCUT2D eigenvalue weighted by molar-refractivity contribution is -0.190. The van der Waals surface area contributed by atoms with Gasteiger partial charge in [-0.1, -0.05) is 27.7 Å². The van der Waals surface area contributed by atoms with E-state index in [-0.39, 0.29) is 24.6 Å². The zero-order chi connectivity index (χ0) is 25.4. The summed E-state index contributed by atoms with van der Waals surface area (Å²) in [6, 6.07) is 1.74. The minimum absolute atomic E-state index is 0.170. The average molecular weight is 478 g/mol. The second kappa shape index (κ2) is 9.50. The molecule has 9 heteroatoms. The number of pyridine rings is 1. The van der Waals surface area contributed by atoms with Crippen LogP contribution in [-0.2, 0) is 11.2 Å². The number of carbonyl (C=O) groups is 1. The van der Waals surface area contributed by atoms with E-state index in [4.69, 9.17) is 0 Å². The fraction of sp³-hybridized carbons (Fsp3) is 0.600. The molecular weight excluding hydrogens is 443 g/mol. The summed E-state index contributed by atoms with van der Waals surface area (Å²) in [5.74, 6) is 0.431. The van der Waals surface area contributed by atoms with Crippen LogP contribution in [0.4, 0.5) is 24.9 Å². The van der Waals surface area contributed by atoms with E-state index in [9.17, 15) is 18.0 Å². The highest BCUT2D eigenvalue weighted by Gasteiger charge is 2.69. The molecule has 0 unspecified atom stereocenters. The lowest BCUT2D eigenvalue weighted by atomic mass is 9.97. The van der Waals surface area contributed by atoms with Gasteiger partial charge in [0.1, 0.15) is 11.2 Å². The van der Waals surface area contributed by atoms with Crippen molar-refractivity contribution >= 4 is 17.7 Å². The number of alkyl halides is 3. The third kappa shape index (κ3) is 5.03. The van der Waals surface area contributed by atoms with Crippen molar-refractivity contribution < 1.29 is 18.0 Å². The summed E-state index contributed by atoms with van der Waals surface area (Å²) < 4.78 is 40.4. The summed E-state index contributed by atoms with van der Waals surface area (Å²) >= 11 is 0. The van der Waals surface area contributed by atoms with Gasteiger partial charge in [-0.3, -0.25) is 9.69 Å². The van der Waals surface area contributed by atoms with Crippen LogP contribution in [0.25, 0.3) is 0 Å². The quantitative estimate of drug-likeness (QED) is 0.509. The SMILES string of the molecule is Cc1nc(N(C)CCc2cc(N(C)C(=O)C3(C(F)(F)F)CC3)ncc2C(C)C)ncc1C(C)C. The van der Waals surface area contributed by atoms with Crippen molar-refractivity contribution in [3.05, 3.63) is 40.8 Å². The number of aromatic nitrogens is 3. The molecule has 3 rings (SSSR count). The van der Waals surface area contributed by atoms with E-state index in [1.165, 1.54) is 7.05 Å². The number of carbonyl (C=O) groups excluding carboxylic acids is 1. The van der Waals surface area contributed by atoms with Crippen LogP contribution >= 0.6 is 0 Å². The molecule has 1 fully saturated rings. The maximum absolute atomic E-state index is 13.5. The van der Waals surface area contributed by atoms with E-state index in [0.29, 0.717) is 24.8 Å². The number of amides is 1. The van der Waals surface area contributed by atoms with Gasteiger partial charge in [-0.05, 0) is 60.8 Å². The fourth-order valence-electron chi connectivity index (χ4n) is 4.19. The summed E-state index contributed by atoms with van der Waals surface area (Å²) in [5.41, 5.74) is 1.73. The molecule has 0 radical (unpaired) electrons. The first kappa shape index (κ1) is 25.9. The Bertz CT molecular complexity index is 1050. The zero-order valence-electron chi connectivity index (χ0n) is 21.0. The highest BCUT2D eigenvalue weighted by molar-refractivity contribution is 5.98. The van der Waals surface area contributed by atoms with Crippen molar-refractivity contribution in [3.63, 3.8) is 0 Å². The minimum Gasteiger partial charge on any atom is -0.344 e. The number of aryl methyl sites for hydroxylation is 1. The van der Waals surface area contributed by atoms with Gasteiger partial charge in [0.05, 0.1) is 0 Å². The maximum Gasteiger partial charge on any atom is 0.403 e. The first-order valence-electron chi connectivity index (χ1n) is 11.7. The Morgan fingerprint density at radius 3 is 2.15 bits per heavy atom. The number of anilines is 2. The van der Waals surface area contributed by atoms with E-state index in [1.54, 1.807) is 12.3 Å². The first-order chi connectivity index (χ1) is 15.8. The molecule has 186 valence electrons. The molecule has 0 N–H and O–H groups in total. The van der Waals surface area contributed by atoms with E-state index in [0.717, 1.165) is 27.3 Å². The fourth-order valence-corrected chi connectivity index (χ4v) is 4.19. The normalized spacial score (nSPS) is 15.1. The van der Waals surface area contributed by atoms with Crippen LogP contribution in [0.15, 0.2) is 18.5 Å². The van der Waals surface area contributed by atoms with Gasteiger partial charge >= 0.3 is 6.18 Å². The van der Waals surface area contributed by atoms with Gasteiger partial charge in [-0.25, -0.2) is 15.0 Å². The Balaban J connectivity index is 1.80. The molecule has 2 heterocycles. The standard InChI is InChI=1S/C25H34F3N5O/c1-15(2)19-13-30-23(31-17(19)5)32(6)11-8-18-12-21(29-14-20(18)16(3)4)33(7)22(34)24(9-10-24)25(26,27)28/h12-16H,8-11H2,1-7H3. The van der Waals surface area contributed by atoms with Gasteiger partial charge in [-0.2, -0.15) is 13.2 Å². The molecule has 0 aliphatic heterocycles. The van der Waals surface area contributed by atoms with Crippen molar-refractivity contribution in [1.29, 1.82) is 0 Å². The first-order valence-corrected chi connectivity index (χ1v) is 11.7. The molecule has 0 aromatic carbocycles. The van der Waals surface area contributed by atoms with Crippen molar-refractivity contribution in [1.82, 2.24) is 15.0 Å². The largest absolute Gasteiger partial charge is 0.403 e. The molecule has 2 aromatic rings. The number of halogens is 3. The highest BCUT2D eigenvalue weighted by Crippen LogP contribution is 2.58. The van der Waals surface area contributed by atoms with Gasteiger partial charge in [-0.15, -0.1) is 0 Å². The third-order valence-corrected chi connectivity index (χ3v) is 6.67. The Hall–Kier alpha value is -2.71. The number of hydrogen-bond donors (Lipinski definition) is 0. The van der Waals surface area contributed by atoms with Crippen LogP contribution in [-0.4, -0.2) is 47.7 Å². The molecule has 1 saturated carbocycles. The monoisotopic (exact) mass is 477 g/mol. The second-order valence-corrected chi connectivity index (χ2v) is 9.88. The summed E-state index contributed by atoms with van der Waals surface area (Å²) in [5, 5.41) is 0. The minimum atomic E-state index is -4.55. The van der Waals surface area contributed by atoms with Crippen molar-refractivity contribution in [2.75, 3.05) is 30.4 Å². The average Bonchev–Trinajstić information content (AvgIpc) is 3.58. The molecule has 0 bridgehead atoms. The molecule has 0 spiro atoms. The van der Waals surface area contributed by atoms with E-state index in [1.807, 2.05) is 38.9 Å². The number of hydrogen-bond acceptors (Lipinski definition) is 5. The summed E-state index contributed by atoms with van der Waals surface area (Å²) in [6.45, 7) is 10.9. The number of nitrogens with zero attached hydrogens (tertiary/aromatic N) is 5. The van der Waals surface area contributed by atoms with Gasteiger partial charge in [0, 0.05) is 38.7 Å². The molecule has 1 aliphatic rings. The van der Waals surface area contributed by atoms with Gasteiger partial charge in [0.2, 0.25) is 11.9 Å². The molecule has 0 atom stereocenters. The van der Waals surface area contributed by atoms with Crippen molar-refractivity contribution in [2.24, 2.45) is 5.41 Å². The molecule has 34 heavy (non-hydrogen) atoms. The molecule has 1 aliphatic carbocycles. The van der Waals surface area contributed by atoms with Crippen LogP contribution in [0.2, 0.25) is 0 Å². The predicted octanol–water partition coefficient (Wildman–Crippen LogP) is 5.41. The third-order valence-electron chi connectivity index (χ3n) is 6.67. The topological polar surface area (TPSA) is 62.2 Å². The molecule has 6 nitrogen and oxygen atoms in total. The molecule has 2 aromatic heterocycles. The zero-order valence-corrected chi connectivity index (χ0v) is 21.0. The molecule has 0 saturated heterocycles. The van der Waals surface area contributed by atoms with Gasteiger partial charge in [0.15, 0.2) is 0 Å². The van der Waals surface area contributed by atoms with Crippen molar-refractivity contribution in [2.45, 2.75) is 71.9 Å².